The van der Waals surface area contributed by atoms with E-state index in [2.05, 4.69) is 10.3 Å². The minimum atomic E-state index is 0.169. The van der Waals surface area contributed by atoms with Crippen LogP contribution in [0, 0.1) is 11.3 Å². The molecule has 1 aromatic rings. The van der Waals surface area contributed by atoms with Crippen LogP contribution in [-0.2, 0) is 0 Å². The predicted molar refractivity (Wildman–Crippen MR) is 46.2 cm³/mol. The maximum atomic E-state index is 8.74. The second kappa shape index (κ2) is 3.42. The molecule has 1 saturated heterocycles. The van der Waals surface area contributed by atoms with Crippen LogP contribution in [-0.4, -0.2) is 24.2 Å². The van der Waals surface area contributed by atoms with Gasteiger partial charge in [-0.3, -0.25) is 0 Å². The molecule has 1 aliphatic heterocycles. The Labute approximate surface area is 76.2 Å². The Morgan fingerprint density at radius 3 is 3.08 bits per heavy atom. The summed E-state index contributed by atoms with van der Waals surface area (Å²) in [6.07, 6.45) is 1.80. The molecule has 13 heavy (non-hydrogen) atoms. The average molecular weight is 175 g/mol. The van der Waals surface area contributed by atoms with E-state index in [0.717, 1.165) is 13.1 Å². The van der Waals surface area contributed by atoms with Gasteiger partial charge in [-0.05, 0) is 12.1 Å². The molecule has 2 heterocycles. The van der Waals surface area contributed by atoms with E-state index in [0.29, 0.717) is 11.4 Å². The molecule has 1 aromatic heterocycles. The van der Waals surface area contributed by atoms with Crippen molar-refractivity contribution >= 4 is 0 Å². The molecule has 1 fully saturated rings. The van der Waals surface area contributed by atoms with Gasteiger partial charge in [-0.2, -0.15) is 5.26 Å². The van der Waals surface area contributed by atoms with Gasteiger partial charge in [0, 0.05) is 19.3 Å². The van der Waals surface area contributed by atoms with Gasteiger partial charge in [-0.1, -0.05) is 0 Å². The largest absolute Gasteiger partial charge is 0.471 e. The summed E-state index contributed by atoms with van der Waals surface area (Å²) in [5, 5.41) is 11.8. The first-order valence-electron chi connectivity index (χ1n) is 4.12. The zero-order valence-corrected chi connectivity index (χ0v) is 7.03. The van der Waals surface area contributed by atoms with E-state index >= 15 is 0 Å². The van der Waals surface area contributed by atoms with Crippen molar-refractivity contribution in [1.29, 1.82) is 5.26 Å². The Balaban J connectivity index is 2.14. The lowest BCUT2D eigenvalue weighted by Crippen LogP contribution is -2.50. The summed E-state index contributed by atoms with van der Waals surface area (Å²) in [4.78, 5) is 4.00. The number of aromatic nitrogens is 1. The standard InChI is InChI=1S/C9H9N3O/c10-4-7-2-1-3-12-9(7)13-8-5-11-6-8/h1-3,8,11H,5-6H2. The highest BCUT2D eigenvalue weighted by Crippen LogP contribution is 2.15. The van der Waals surface area contributed by atoms with Gasteiger partial charge in [0.15, 0.2) is 0 Å². The van der Waals surface area contributed by atoms with Crippen LogP contribution in [0.2, 0.25) is 0 Å². The third-order valence-electron chi connectivity index (χ3n) is 1.91. The van der Waals surface area contributed by atoms with Crippen LogP contribution in [0.1, 0.15) is 5.56 Å². The predicted octanol–water partition coefficient (Wildman–Crippen LogP) is 0.304. The molecule has 0 bridgehead atoms. The van der Waals surface area contributed by atoms with Crippen LogP contribution >= 0.6 is 0 Å². The Kier molecular flexibility index (Phi) is 2.11. The first kappa shape index (κ1) is 8.02. The molecule has 66 valence electrons. The molecule has 1 N–H and O–H groups in total. The lowest BCUT2D eigenvalue weighted by atomic mass is 10.2. The fourth-order valence-electron chi connectivity index (χ4n) is 1.07. The number of rotatable bonds is 2. The molecule has 0 saturated carbocycles. The molecule has 4 heteroatoms. The lowest BCUT2D eigenvalue weighted by Gasteiger charge is -2.27. The van der Waals surface area contributed by atoms with Crippen LogP contribution in [0.15, 0.2) is 18.3 Å². The Morgan fingerprint density at radius 2 is 2.46 bits per heavy atom. The van der Waals surface area contributed by atoms with Crippen molar-refractivity contribution in [3.05, 3.63) is 23.9 Å². The van der Waals surface area contributed by atoms with Crippen molar-refractivity contribution in [2.75, 3.05) is 13.1 Å². The normalized spacial score (nSPS) is 15.9. The van der Waals surface area contributed by atoms with Crippen LogP contribution in [0.3, 0.4) is 0 Å². The summed E-state index contributed by atoms with van der Waals surface area (Å²) >= 11 is 0. The van der Waals surface area contributed by atoms with Crippen molar-refractivity contribution in [2.45, 2.75) is 6.10 Å². The van der Waals surface area contributed by atoms with Crippen LogP contribution in [0.4, 0.5) is 0 Å². The van der Waals surface area contributed by atoms with Crippen molar-refractivity contribution in [3.8, 4) is 11.9 Å². The van der Waals surface area contributed by atoms with Crippen molar-refractivity contribution < 1.29 is 4.74 Å². The molecule has 0 unspecified atom stereocenters. The van der Waals surface area contributed by atoms with E-state index in [9.17, 15) is 0 Å². The number of nitriles is 1. The van der Waals surface area contributed by atoms with E-state index in [-0.39, 0.29) is 6.10 Å². The van der Waals surface area contributed by atoms with Crippen LogP contribution < -0.4 is 10.1 Å². The molecular weight excluding hydrogens is 166 g/mol. The summed E-state index contributed by atoms with van der Waals surface area (Å²) in [7, 11) is 0. The molecule has 0 aromatic carbocycles. The summed E-state index contributed by atoms with van der Waals surface area (Å²) in [6, 6.07) is 5.47. The number of nitrogens with one attached hydrogen (secondary N) is 1. The Morgan fingerprint density at radius 1 is 1.62 bits per heavy atom. The van der Waals surface area contributed by atoms with E-state index in [4.69, 9.17) is 10.00 Å². The highest BCUT2D eigenvalue weighted by Gasteiger charge is 2.19. The third-order valence-corrected chi connectivity index (χ3v) is 1.91. The molecule has 4 nitrogen and oxygen atoms in total. The van der Waals surface area contributed by atoms with Crippen molar-refractivity contribution in [1.82, 2.24) is 10.3 Å². The number of hydrogen-bond donors (Lipinski definition) is 1. The Bertz CT molecular complexity index is 341. The van der Waals surface area contributed by atoms with Gasteiger partial charge < -0.3 is 10.1 Å². The van der Waals surface area contributed by atoms with E-state index in [1.165, 1.54) is 0 Å². The quantitative estimate of drug-likeness (QED) is 0.702. The SMILES string of the molecule is N#Cc1cccnc1OC1CNC1. The monoisotopic (exact) mass is 175 g/mol. The fourth-order valence-corrected chi connectivity index (χ4v) is 1.07. The van der Waals surface area contributed by atoms with Crippen molar-refractivity contribution in [3.63, 3.8) is 0 Å². The lowest BCUT2D eigenvalue weighted by molar-refractivity contribution is 0.135. The first-order chi connectivity index (χ1) is 6.40. The summed E-state index contributed by atoms with van der Waals surface area (Å²) in [5.41, 5.74) is 0.495. The van der Waals surface area contributed by atoms with Crippen LogP contribution in [0.25, 0.3) is 0 Å². The minimum Gasteiger partial charge on any atom is -0.471 e. The smallest absolute Gasteiger partial charge is 0.231 e. The number of nitrogens with zero attached hydrogens (tertiary/aromatic N) is 2. The zero-order valence-electron chi connectivity index (χ0n) is 7.03. The summed E-state index contributed by atoms with van der Waals surface area (Å²) in [5.74, 6) is 0.441. The van der Waals surface area contributed by atoms with Gasteiger partial charge >= 0.3 is 0 Å². The fraction of sp³-hybridized carbons (Fsp3) is 0.333. The molecule has 0 atom stereocenters. The maximum Gasteiger partial charge on any atom is 0.231 e. The van der Waals surface area contributed by atoms with Crippen molar-refractivity contribution in [2.24, 2.45) is 0 Å². The molecular formula is C9H9N3O. The highest BCUT2D eigenvalue weighted by atomic mass is 16.5. The van der Waals surface area contributed by atoms with E-state index in [1.807, 2.05) is 6.07 Å². The molecule has 2 rings (SSSR count). The molecule has 1 aliphatic rings. The molecule has 0 spiro atoms. The van der Waals surface area contributed by atoms with E-state index in [1.54, 1.807) is 18.3 Å². The topological polar surface area (TPSA) is 57.9 Å². The molecule has 0 amide bonds. The first-order valence-corrected chi connectivity index (χ1v) is 4.12. The number of ether oxygens (including phenoxy) is 1. The maximum absolute atomic E-state index is 8.74. The van der Waals surface area contributed by atoms with Gasteiger partial charge in [-0.15, -0.1) is 0 Å². The third kappa shape index (κ3) is 1.60. The summed E-state index contributed by atoms with van der Waals surface area (Å²) < 4.78 is 5.48. The van der Waals surface area contributed by atoms with Gasteiger partial charge in [0.1, 0.15) is 17.7 Å². The number of hydrogen-bond acceptors (Lipinski definition) is 4. The molecule has 0 aliphatic carbocycles. The highest BCUT2D eigenvalue weighted by molar-refractivity contribution is 5.37. The van der Waals surface area contributed by atoms with Gasteiger partial charge in [-0.25, -0.2) is 4.98 Å². The summed E-state index contributed by atoms with van der Waals surface area (Å²) in [6.45, 7) is 1.67. The minimum absolute atomic E-state index is 0.169. The second-order valence-corrected chi connectivity index (χ2v) is 2.87. The van der Waals surface area contributed by atoms with Gasteiger partial charge in [0.05, 0.1) is 0 Å². The average Bonchev–Trinajstić information content (AvgIpc) is 2.12. The number of pyridine rings is 1. The van der Waals surface area contributed by atoms with Gasteiger partial charge in [0.2, 0.25) is 5.88 Å². The Hall–Kier alpha value is -1.60. The molecule has 0 radical (unpaired) electrons. The second-order valence-electron chi connectivity index (χ2n) is 2.87. The van der Waals surface area contributed by atoms with Crippen LogP contribution in [0.5, 0.6) is 5.88 Å². The zero-order chi connectivity index (χ0) is 9.10. The van der Waals surface area contributed by atoms with Gasteiger partial charge in [0.25, 0.3) is 0 Å². The van der Waals surface area contributed by atoms with E-state index < -0.39 is 0 Å².